The quantitative estimate of drug-likeness (QED) is 0.696. The van der Waals surface area contributed by atoms with Crippen molar-refractivity contribution < 1.29 is 18.0 Å². The maximum atomic E-state index is 11.6. The lowest BCUT2D eigenvalue weighted by atomic mass is 10.1. The number of nitrogens with one attached hydrogen (secondary N) is 1. The van der Waals surface area contributed by atoms with Crippen molar-refractivity contribution >= 4 is 5.91 Å². The SMILES string of the molecule is CCC(CN)C(=O)NCC(F)(F)F. The molecule has 0 spiro atoms. The van der Waals surface area contributed by atoms with Crippen LogP contribution in [0.4, 0.5) is 13.2 Å². The van der Waals surface area contributed by atoms with Crippen molar-refractivity contribution in [2.75, 3.05) is 13.1 Å². The largest absolute Gasteiger partial charge is 0.405 e. The Morgan fingerprint density at radius 3 is 2.38 bits per heavy atom. The van der Waals surface area contributed by atoms with Gasteiger partial charge in [-0.15, -0.1) is 0 Å². The maximum Gasteiger partial charge on any atom is 0.405 e. The summed E-state index contributed by atoms with van der Waals surface area (Å²) in [7, 11) is 0. The van der Waals surface area contributed by atoms with Crippen molar-refractivity contribution in [1.82, 2.24) is 5.32 Å². The topological polar surface area (TPSA) is 55.1 Å². The monoisotopic (exact) mass is 198 g/mol. The second kappa shape index (κ2) is 5.06. The Kier molecular flexibility index (Phi) is 4.76. The average Bonchev–Trinajstić information content (AvgIpc) is 2.02. The number of hydrogen-bond acceptors (Lipinski definition) is 2. The van der Waals surface area contributed by atoms with Crippen LogP contribution >= 0.6 is 0 Å². The lowest BCUT2D eigenvalue weighted by Crippen LogP contribution is -2.39. The standard InChI is InChI=1S/C7H13F3N2O/c1-2-5(3-11)6(13)12-4-7(8,9)10/h5H,2-4,11H2,1H3,(H,12,13). The lowest BCUT2D eigenvalue weighted by molar-refractivity contribution is -0.140. The third-order valence-electron chi connectivity index (χ3n) is 1.61. The number of amides is 1. The number of carbonyl (C=O) groups is 1. The number of rotatable bonds is 4. The Bertz CT molecular complexity index is 166. The fourth-order valence-corrected chi connectivity index (χ4v) is 0.791. The molecule has 0 bridgehead atoms. The van der Waals surface area contributed by atoms with Crippen LogP contribution in [0.15, 0.2) is 0 Å². The molecule has 3 nitrogen and oxygen atoms in total. The molecule has 0 aliphatic heterocycles. The average molecular weight is 198 g/mol. The van der Waals surface area contributed by atoms with Crippen molar-refractivity contribution in [3.63, 3.8) is 0 Å². The smallest absolute Gasteiger partial charge is 0.347 e. The predicted octanol–water partition coefficient (Wildman–Crippen LogP) is 0.650. The molecule has 13 heavy (non-hydrogen) atoms. The molecule has 1 unspecified atom stereocenters. The number of alkyl halides is 3. The van der Waals surface area contributed by atoms with Crippen LogP contribution in [0.25, 0.3) is 0 Å². The summed E-state index contributed by atoms with van der Waals surface area (Å²) >= 11 is 0. The van der Waals surface area contributed by atoms with Gasteiger partial charge in [-0.05, 0) is 6.42 Å². The zero-order valence-electron chi connectivity index (χ0n) is 7.32. The van der Waals surface area contributed by atoms with Crippen molar-refractivity contribution in [3.8, 4) is 0 Å². The molecular formula is C7H13F3N2O. The number of halogens is 3. The minimum Gasteiger partial charge on any atom is -0.347 e. The zero-order valence-corrected chi connectivity index (χ0v) is 7.32. The van der Waals surface area contributed by atoms with E-state index in [0.717, 1.165) is 0 Å². The minimum absolute atomic E-state index is 0.0696. The Morgan fingerprint density at radius 1 is 1.54 bits per heavy atom. The third-order valence-corrected chi connectivity index (χ3v) is 1.61. The fourth-order valence-electron chi connectivity index (χ4n) is 0.791. The lowest BCUT2D eigenvalue weighted by Gasteiger charge is -2.13. The van der Waals surface area contributed by atoms with E-state index in [1.165, 1.54) is 0 Å². The first-order valence-corrected chi connectivity index (χ1v) is 3.95. The highest BCUT2D eigenvalue weighted by atomic mass is 19.4. The molecule has 0 radical (unpaired) electrons. The van der Waals surface area contributed by atoms with Crippen molar-refractivity contribution in [2.24, 2.45) is 11.7 Å². The van der Waals surface area contributed by atoms with Crippen LogP contribution in [0.2, 0.25) is 0 Å². The first kappa shape index (κ1) is 12.2. The molecule has 0 fully saturated rings. The Labute approximate surface area is 74.5 Å². The van der Waals surface area contributed by atoms with Crippen molar-refractivity contribution in [1.29, 1.82) is 0 Å². The van der Waals surface area contributed by atoms with Gasteiger partial charge in [0.2, 0.25) is 5.91 Å². The number of hydrogen-bond donors (Lipinski definition) is 2. The molecule has 0 saturated carbocycles. The first-order valence-electron chi connectivity index (χ1n) is 3.95. The van der Waals surface area contributed by atoms with Gasteiger partial charge in [-0.2, -0.15) is 13.2 Å². The fraction of sp³-hybridized carbons (Fsp3) is 0.857. The summed E-state index contributed by atoms with van der Waals surface area (Å²) in [6.45, 7) is 0.479. The summed E-state index contributed by atoms with van der Waals surface area (Å²) in [5.41, 5.74) is 5.18. The third kappa shape index (κ3) is 5.46. The summed E-state index contributed by atoms with van der Waals surface area (Å²) in [5.74, 6) is -1.16. The molecule has 3 N–H and O–H groups in total. The Morgan fingerprint density at radius 2 is 2.08 bits per heavy atom. The van der Waals surface area contributed by atoms with Gasteiger partial charge in [-0.1, -0.05) is 6.92 Å². The normalized spacial score (nSPS) is 13.9. The highest BCUT2D eigenvalue weighted by molar-refractivity contribution is 5.78. The molecule has 1 atom stereocenters. The second-order valence-corrected chi connectivity index (χ2v) is 2.67. The van der Waals surface area contributed by atoms with E-state index in [1.54, 1.807) is 12.2 Å². The first-order chi connectivity index (χ1) is 5.90. The van der Waals surface area contributed by atoms with Gasteiger partial charge in [0.1, 0.15) is 6.54 Å². The Hall–Kier alpha value is -0.780. The highest BCUT2D eigenvalue weighted by Gasteiger charge is 2.28. The van der Waals surface area contributed by atoms with Crippen LogP contribution in [0, 0.1) is 5.92 Å². The van der Waals surface area contributed by atoms with Crippen LogP contribution in [0.3, 0.4) is 0 Å². The second-order valence-electron chi connectivity index (χ2n) is 2.67. The van der Waals surface area contributed by atoms with Crippen LogP contribution in [-0.2, 0) is 4.79 Å². The van der Waals surface area contributed by atoms with Crippen LogP contribution in [0.5, 0.6) is 0 Å². The van der Waals surface area contributed by atoms with Gasteiger partial charge in [-0.25, -0.2) is 0 Å². The molecule has 0 aromatic carbocycles. The molecule has 6 heteroatoms. The summed E-state index contributed by atoms with van der Waals surface area (Å²) in [4.78, 5) is 11.0. The van der Waals surface area contributed by atoms with Gasteiger partial charge in [0, 0.05) is 12.5 Å². The molecule has 0 aliphatic rings. The highest BCUT2D eigenvalue weighted by Crippen LogP contribution is 2.12. The molecular weight excluding hydrogens is 185 g/mol. The predicted molar refractivity (Wildman–Crippen MR) is 41.9 cm³/mol. The molecule has 0 aromatic heterocycles. The van der Waals surface area contributed by atoms with E-state index in [4.69, 9.17) is 5.73 Å². The van der Waals surface area contributed by atoms with E-state index in [9.17, 15) is 18.0 Å². The van der Waals surface area contributed by atoms with E-state index >= 15 is 0 Å². The molecule has 0 aliphatic carbocycles. The van der Waals surface area contributed by atoms with Crippen molar-refractivity contribution in [3.05, 3.63) is 0 Å². The van der Waals surface area contributed by atoms with E-state index in [2.05, 4.69) is 0 Å². The van der Waals surface area contributed by atoms with Gasteiger partial charge < -0.3 is 11.1 Å². The van der Waals surface area contributed by atoms with Crippen LogP contribution in [0.1, 0.15) is 13.3 Å². The van der Waals surface area contributed by atoms with E-state index in [1.807, 2.05) is 0 Å². The van der Waals surface area contributed by atoms with E-state index < -0.39 is 24.5 Å². The number of carbonyl (C=O) groups excluding carboxylic acids is 1. The summed E-state index contributed by atoms with van der Waals surface area (Å²) < 4.78 is 34.9. The van der Waals surface area contributed by atoms with Gasteiger partial charge >= 0.3 is 6.18 Å². The summed E-state index contributed by atoms with van der Waals surface area (Å²) in [5, 5.41) is 1.78. The van der Waals surface area contributed by atoms with Crippen LogP contribution < -0.4 is 11.1 Å². The van der Waals surface area contributed by atoms with Gasteiger partial charge in [-0.3, -0.25) is 4.79 Å². The molecule has 0 rings (SSSR count). The molecule has 0 saturated heterocycles. The Balaban J connectivity index is 3.86. The van der Waals surface area contributed by atoms with E-state index in [-0.39, 0.29) is 6.54 Å². The molecule has 0 heterocycles. The molecule has 0 aromatic rings. The van der Waals surface area contributed by atoms with E-state index in [0.29, 0.717) is 6.42 Å². The molecule has 1 amide bonds. The van der Waals surface area contributed by atoms with Gasteiger partial charge in [0.05, 0.1) is 0 Å². The van der Waals surface area contributed by atoms with Crippen molar-refractivity contribution in [2.45, 2.75) is 19.5 Å². The van der Waals surface area contributed by atoms with Gasteiger partial charge in [0.25, 0.3) is 0 Å². The zero-order chi connectivity index (χ0) is 10.5. The minimum atomic E-state index is -4.36. The van der Waals surface area contributed by atoms with Gasteiger partial charge in [0.15, 0.2) is 0 Å². The summed E-state index contributed by atoms with van der Waals surface area (Å²) in [6, 6.07) is 0. The number of nitrogens with two attached hydrogens (primary N) is 1. The maximum absolute atomic E-state index is 11.6. The molecule has 78 valence electrons. The summed E-state index contributed by atoms with van der Waals surface area (Å²) in [6.07, 6.45) is -3.91. The van der Waals surface area contributed by atoms with Crippen LogP contribution in [-0.4, -0.2) is 25.2 Å².